The summed E-state index contributed by atoms with van der Waals surface area (Å²) in [5, 5.41) is 3.47. The van der Waals surface area contributed by atoms with Gasteiger partial charge in [-0.25, -0.2) is 8.42 Å². The lowest BCUT2D eigenvalue weighted by molar-refractivity contribution is -0.274. The molecule has 13 heteroatoms. The van der Waals surface area contributed by atoms with Crippen molar-refractivity contribution in [2.45, 2.75) is 50.3 Å². The Morgan fingerprint density at radius 1 is 1.02 bits per heavy atom. The van der Waals surface area contributed by atoms with Gasteiger partial charge in [0.2, 0.25) is 0 Å². The van der Waals surface area contributed by atoms with Crippen LogP contribution in [0.1, 0.15) is 48.8 Å². The second kappa shape index (κ2) is 11.2. The van der Waals surface area contributed by atoms with Crippen LogP contribution < -0.4 is 4.74 Å². The summed E-state index contributed by atoms with van der Waals surface area (Å²) in [4.78, 5) is 28.6. The number of nitrogens with zero attached hydrogens (tertiary/aromatic N) is 1. The summed E-state index contributed by atoms with van der Waals surface area (Å²) in [6.07, 6.45) is -5.29. The van der Waals surface area contributed by atoms with E-state index in [-0.39, 0.29) is 36.9 Å². The van der Waals surface area contributed by atoms with Crippen molar-refractivity contribution in [1.29, 1.82) is 0 Å². The highest BCUT2D eigenvalue weighted by Gasteiger charge is 2.50. The summed E-state index contributed by atoms with van der Waals surface area (Å²) < 4.78 is 73.3. The van der Waals surface area contributed by atoms with Gasteiger partial charge >= 0.3 is 12.3 Å². The lowest BCUT2D eigenvalue weighted by Gasteiger charge is -2.31. The van der Waals surface area contributed by atoms with Crippen molar-refractivity contribution in [3.8, 4) is 16.2 Å². The van der Waals surface area contributed by atoms with E-state index in [9.17, 15) is 31.2 Å². The number of rotatable bonds is 6. The summed E-state index contributed by atoms with van der Waals surface area (Å²) in [5.41, 5.74) is 0.186. The summed E-state index contributed by atoms with van der Waals surface area (Å²) in [6, 6.07) is 10.2. The topological polar surface area (TPSA) is 90.0 Å². The number of carbonyl (C=O) groups excluding carboxylic acids is 2. The largest absolute Gasteiger partial charge is 0.573 e. The first-order chi connectivity index (χ1) is 18.6. The van der Waals surface area contributed by atoms with Gasteiger partial charge in [0.1, 0.15) is 16.1 Å². The highest BCUT2D eigenvalue weighted by atomic mass is 32.2. The van der Waals surface area contributed by atoms with E-state index in [0.717, 1.165) is 11.3 Å². The van der Waals surface area contributed by atoms with Gasteiger partial charge in [-0.1, -0.05) is 0 Å². The second-order valence-corrected chi connectivity index (χ2v) is 14.6. The summed E-state index contributed by atoms with van der Waals surface area (Å²) >= 11 is 2.50. The van der Waals surface area contributed by atoms with Crippen LogP contribution in [-0.4, -0.2) is 56.0 Å². The predicted octanol–water partition coefficient (Wildman–Crippen LogP) is 6.26. The Hall–Kier alpha value is -2.90. The highest BCUT2D eigenvalue weighted by Crippen LogP contribution is 2.46. The first-order valence-corrected chi connectivity index (χ1v) is 15.7. The minimum Gasteiger partial charge on any atom is -0.460 e. The van der Waals surface area contributed by atoms with Gasteiger partial charge in [0.05, 0.1) is 17.7 Å². The molecule has 0 aliphatic carbocycles. The Labute approximate surface area is 238 Å². The molecule has 1 fully saturated rings. The molecule has 0 N–H and O–H groups in total. The summed E-state index contributed by atoms with van der Waals surface area (Å²) in [5.74, 6) is -1.69. The van der Waals surface area contributed by atoms with Gasteiger partial charge in [-0.3, -0.25) is 9.59 Å². The fraction of sp³-hybridized carbons (Fsp3) is 0.407. The molecule has 0 bridgehead atoms. The van der Waals surface area contributed by atoms with Gasteiger partial charge in [0.15, 0.2) is 9.84 Å². The van der Waals surface area contributed by atoms with E-state index >= 15 is 0 Å². The number of thiophene rings is 2. The van der Waals surface area contributed by atoms with E-state index < -0.39 is 38.9 Å². The van der Waals surface area contributed by atoms with Crippen molar-refractivity contribution < 1.29 is 40.7 Å². The SMILES string of the molecule is CC(C)(C)OC(=O)C[C@]1(c2ccc(-c3ccc(OC(F)(F)F)cc3)s2)CCN(C(=O)c2ccsc2)CCS1(=O)=O. The fourth-order valence-electron chi connectivity index (χ4n) is 4.51. The molecule has 1 aliphatic rings. The monoisotopic (exact) mass is 615 g/mol. The average Bonchev–Trinajstić information content (AvgIpc) is 3.52. The predicted molar refractivity (Wildman–Crippen MR) is 147 cm³/mol. The summed E-state index contributed by atoms with van der Waals surface area (Å²) in [7, 11) is -3.98. The fourth-order valence-corrected chi connectivity index (χ4v) is 8.74. The van der Waals surface area contributed by atoms with Gasteiger partial charge in [-0.15, -0.1) is 24.5 Å². The number of ether oxygens (including phenoxy) is 2. The smallest absolute Gasteiger partial charge is 0.460 e. The molecule has 1 aromatic carbocycles. The molecule has 0 radical (unpaired) electrons. The first kappa shape index (κ1) is 30.1. The van der Waals surface area contributed by atoms with Crippen LogP contribution in [0.25, 0.3) is 10.4 Å². The number of hydrogen-bond donors (Lipinski definition) is 0. The third kappa shape index (κ3) is 6.87. The molecule has 1 atom stereocenters. The van der Waals surface area contributed by atoms with Gasteiger partial charge in [-0.05, 0) is 80.6 Å². The number of halogens is 3. The van der Waals surface area contributed by atoms with Crippen molar-refractivity contribution in [2.24, 2.45) is 0 Å². The van der Waals surface area contributed by atoms with E-state index in [1.807, 2.05) is 0 Å². The number of hydrogen-bond acceptors (Lipinski definition) is 8. The van der Waals surface area contributed by atoms with E-state index in [0.29, 0.717) is 20.9 Å². The van der Waals surface area contributed by atoms with E-state index in [2.05, 4.69) is 4.74 Å². The van der Waals surface area contributed by atoms with Crippen LogP contribution in [0, 0.1) is 0 Å². The molecule has 0 saturated carbocycles. The van der Waals surface area contributed by atoms with Gasteiger partial charge in [0.25, 0.3) is 5.91 Å². The van der Waals surface area contributed by atoms with Crippen LogP contribution in [0.15, 0.2) is 53.2 Å². The minimum absolute atomic E-state index is 0.0218. The Morgan fingerprint density at radius 2 is 1.73 bits per heavy atom. The van der Waals surface area contributed by atoms with Crippen molar-refractivity contribution >= 4 is 44.4 Å². The number of amides is 1. The van der Waals surface area contributed by atoms with E-state index in [1.165, 1.54) is 40.5 Å². The minimum atomic E-state index is -4.82. The van der Waals surface area contributed by atoms with Crippen LogP contribution in [0.3, 0.4) is 0 Å². The lowest BCUT2D eigenvalue weighted by atomic mass is 9.97. The molecule has 0 spiro atoms. The standard InChI is InChI=1S/C27H28F3NO6S3/c1-25(2,3)37-23(32)16-26(11-12-31(13-15-40(26,34)35)24(33)19-10-14-38-17-19)22-9-8-21(39-22)18-4-6-20(7-5-18)36-27(28,29)30/h4-10,14,17H,11-13,15-16H2,1-3H3/t26-/m0/s1. The van der Waals surface area contributed by atoms with Gasteiger partial charge < -0.3 is 14.4 Å². The molecule has 0 unspecified atom stereocenters. The maximum Gasteiger partial charge on any atom is 0.573 e. The Bertz CT molecular complexity index is 1460. The maximum atomic E-state index is 13.9. The highest BCUT2D eigenvalue weighted by molar-refractivity contribution is 7.92. The molecule has 1 saturated heterocycles. The molecule has 1 aliphatic heterocycles. The first-order valence-electron chi connectivity index (χ1n) is 12.3. The molecule has 3 heterocycles. The maximum absolute atomic E-state index is 13.9. The zero-order valence-corrected chi connectivity index (χ0v) is 24.4. The number of esters is 1. The molecular weight excluding hydrogens is 587 g/mol. The van der Waals surface area contributed by atoms with Crippen molar-refractivity contribution in [2.75, 3.05) is 18.8 Å². The molecule has 7 nitrogen and oxygen atoms in total. The molecule has 2 aromatic heterocycles. The molecule has 4 rings (SSSR count). The Kier molecular flexibility index (Phi) is 8.40. The number of alkyl halides is 3. The average molecular weight is 616 g/mol. The molecular formula is C27H28F3NO6S3. The molecule has 40 heavy (non-hydrogen) atoms. The molecule has 3 aromatic rings. The van der Waals surface area contributed by atoms with Crippen LogP contribution in [0.4, 0.5) is 13.2 Å². The Morgan fingerprint density at radius 3 is 2.33 bits per heavy atom. The number of sulfone groups is 1. The normalized spacial score (nSPS) is 19.6. The molecule has 216 valence electrons. The van der Waals surface area contributed by atoms with Crippen molar-refractivity contribution in [3.63, 3.8) is 0 Å². The third-order valence-corrected chi connectivity index (χ3v) is 11.0. The van der Waals surface area contributed by atoms with Crippen molar-refractivity contribution in [1.82, 2.24) is 4.90 Å². The van der Waals surface area contributed by atoms with Crippen LogP contribution in [0.5, 0.6) is 5.75 Å². The van der Waals surface area contributed by atoms with E-state index in [1.54, 1.807) is 49.7 Å². The zero-order chi connectivity index (χ0) is 29.3. The van der Waals surface area contributed by atoms with Gasteiger partial charge in [0, 0.05) is 28.2 Å². The van der Waals surface area contributed by atoms with Crippen LogP contribution in [0.2, 0.25) is 0 Å². The van der Waals surface area contributed by atoms with Crippen molar-refractivity contribution in [3.05, 3.63) is 63.7 Å². The van der Waals surface area contributed by atoms with Gasteiger partial charge in [-0.2, -0.15) is 11.3 Å². The van der Waals surface area contributed by atoms with E-state index in [4.69, 9.17) is 4.74 Å². The second-order valence-electron chi connectivity index (χ2n) is 10.4. The lowest BCUT2D eigenvalue weighted by Crippen LogP contribution is -2.40. The summed E-state index contributed by atoms with van der Waals surface area (Å²) in [6.45, 7) is 5.15. The van der Waals surface area contributed by atoms with Crippen LogP contribution >= 0.6 is 22.7 Å². The van der Waals surface area contributed by atoms with Crippen LogP contribution in [-0.2, 0) is 24.1 Å². The molecule has 1 amide bonds. The zero-order valence-electron chi connectivity index (χ0n) is 22.0. The third-order valence-electron chi connectivity index (χ3n) is 6.34. The quantitative estimate of drug-likeness (QED) is 0.304. The Balaban J connectivity index is 1.70. The number of carbonyl (C=O) groups is 2. The number of benzene rings is 1.